The van der Waals surface area contributed by atoms with Crippen molar-refractivity contribution < 1.29 is 9.53 Å². The van der Waals surface area contributed by atoms with Crippen molar-refractivity contribution >= 4 is 22.4 Å². The van der Waals surface area contributed by atoms with Crippen LogP contribution in [0.1, 0.15) is 16.2 Å². The average Bonchev–Trinajstić information content (AvgIpc) is 3.26. The maximum atomic E-state index is 12.8. The fourth-order valence-corrected chi connectivity index (χ4v) is 3.49. The van der Waals surface area contributed by atoms with E-state index in [-0.39, 0.29) is 5.91 Å². The van der Waals surface area contributed by atoms with Crippen LogP contribution in [0.2, 0.25) is 0 Å². The first-order chi connectivity index (χ1) is 15.7. The zero-order valence-electron chi connectivity index (χ0n) is 17.3. The highest BCUT2D eigenvalue weighted by molar-refractivity contribution is 6.12. The highest BCUT2D eigenvalue weighted by atomic mass is 16.5. The van der Waals surface area contributed by atoms with Crippen LogP contribution in [-0.4, -0.2) is 25.4 Å². The Morgan fingerprint density at radius 2 is 1.75 bits per heavy atom. The van der Waals surface area contributed by atoms with Gasteiger partial charge in [0.15, 0.2) is 0 Å². The first-order valence-electron chi connectivity index (χ1n) is 10.1. The number of rotatable bonds is 5. The summed E-state index contributed by atoms with van der Waals surface area (Å²) in [7, 11) is 0. The maximum Gasteiger partial charge on any atom is 0.256 e. The summed E-state index contributed by atoms with van der Waals surface area (Å²) in [5, 5.41) is 4.89. The Balaban J connectivity index is 1.31. The number of carbonyl (C=O) groups excluding carboxylic acids is 1. The van der Waals surface area contributed by atoms with E-state index in [4.69, 9.17) is 4.74 Å². The molecular weight excluding hydrogens is 402 g/mol. The van der Waals surface area contributed by atoms with Crippen LogP contribution in [0.15, 0.2) is 91.5 Å². The molecule has 2 aromatic heterocycles. The molecule has 0 spiro atoms. The number of ether oxygens (including phenoxy) is 1. The Morgan fingerprint density at radius 3 is 2.56 bits per heavy atom. The monoisotopic (exact) mass is 421 g/mol. The standard InChI is InChI=1S/C25H19N5O2/c1-17-26-13-14-30(17)23-15-24(28-16-27-23)32-20-11-9-19(10-12-20)29-25(31)22-8-4-6-18-5-2-3-7-21(18)22/h2-16H,1H3,(H,29,31). The number of carbonyl (C=O) groups is 1. The molecule has 0 radical (unpaired) electrons. The van der Waals surface area contributed by atoms with Crippen molar-refractivity contribution in [2.45, 2.75) is 6.92 Å². The van der Waals surface area contributed by atoms with Gasteiger partial charge in [0, 0.05) is 29.7 Å². The van der Waals surface area contributed by atoms with E-state index in [1.165, 1.54) is 6.33 Å². The molecule has 0 bridgehead atoms. The molecule has 0 saturated heterocycles. The topological polar surface area (TPSA) is 81.9 Å². The molecule has 2 heterocycles. The SMILES string of the molecule is Cc1nccn1-c1cc(Oc2ccc(NC(=O)c3cccc4ccccc34)cc2)ncn1. The number of fused-ring (bicyclic) bond motifs is 1. The second-order valence-corrected chi connectivity index (χ2v) is 7.17. The largest absolute Gasteiger partial charge is 0.439 e. The van der Waals surface area contributed by atoms with Crippen LogP contribution >= 0.6 is 0 Å². The first kappa shape index (κ1) is 19.4. The second-order valence-electron chi connectivity index (χ2n) is 7.17. The fourth-order valence-electron chi connectivity index (χ4n) is 3.49. The molecule has 0 fully saturated rings. The van der Waals surface area contributed by atoms with Gasteiger partial charge in [0.2, 0.25) is 5.88 Å². The molecule has 3 aromatic carbocycles. The molecule has 1 amide bonds. The van der Waals surface area contributed by atoms with E-state index < -0.39 is 0 Å². The first-order valence-corrected chi connectivity index (χ1v) is 10.1. The summed E-state index contributed by atoms with van der Waals surface area (Å²) >= 11 is 0. The van der Waals surface area contributed by atoms with Crippen molar-refractivity contribution in [1.29, 1.82) is 0 Å². The Labute approximate surface area is 184 Å². The number of benzene rings is 3. The summed E-state index contributed by atoms with van der Waals surface area (Å²) in [6.07, 6.45) is 4.99. The average molecular weight is 421 g/mol. The van der Waals surface area contributed by atoms with E-state index in [9.17, 15) is 4.79 Å². The van der Waals surface area contributed by atoms with Crippen molar-refractivity contribution in [2.24, 2.45) is 0 Å². The Kier molecular flexibility index (Phi) is 5.05. The summed E-state index contributed by atoms with van der Waals surface area (Å²) in [6.45, 7) is 1.90. The van der Waals surface area contributed by atoms with E-state index in [1.54, 1.807) is 36.5 Å². The number of imidazole rings is 1. The van der Waals surface area contributed by atoms with Crippen molar-refractivity contribution in [1.82, 2.24) is 19.5 Å². The smallest absolute Gasteiger partial charge is 0.256 e. The van der Waals surface area contributed by atoms with Gasteiger partial charge in [-0.15, -0.1) is 0 Å². The molecule has 7 heteroatoms. The number of anilines is 1. The normalized spacial score (nSPS) is 10.8. The lowest BCUT2D eigenvalue weighted by molar-refractivity contribution is 0.102. The van der Waals surface area contributed by atoms with E-state index in [0.29, 0.717) is 28.7 Å². The van der Waals surface area contributed by atoms with Gasteiger partial charge in [-0.1, -0.05) is 36.4 Å². The maximum absolute atomic E-state index is 12.8. The predicted octanol–water partition coefficient (Wildman–Crippen LogP) is 5.17. The number of nitrogens with one attached hydrogen (secondary N) is 1. The molecule has 0 aliphatic carbocycles. The third kappa shape index (κ3) is 3.91. The van der Waals surface area contributed by atoms with E-state index in [0.717, 1.165) is 16.6 Å². The van der Waals surface area contributed by atoms with E-state index in [2.05, 4.69) is 20.3 Å². The van der Waals surface area contributed by atoms with Crippen LogP contribution in [-0.2, 0) is 0 Å². The van der Waals surface area contributed by atoms with Crippen LogP contribution in [0, 0.1) is 6.92 Å². The molecule has 0 aliphatic heterocycles. The van der Waals surface area contributed by atoms with Gasteiger partial charge in [-0.2, -0.15) is 0 Å². The quantitative estimate of drug-likeness (QED) is 0.423. The highest BCUT2D eigenvalue weighted by Crippen LogP contribution is 2.24. The molecule has 1 N–H and O–H groups in total. The van der Waals surface area contributed by atoms with Gasteiger partial charge in [-0.05, 0) is 48.0 Å². The lowest BCUT2D eigenvalue weighted by atomic mass is 10.0. The molecule has 0 aliphatic rings. The zero-order chi connectivity index (χ0) is 21.9. The van der Waals surface area contributed by atoms with Crippen LogP contribution in [0.4, 0.5) is 5.69 Å². The molecule has 5 rings (SSSR count). The number of aryl methyl sites for hydroxylation is 1. The number of nitrogens with zero attached hydrogens (tertiary/aromatic N) is 4. The lowest BCUT2D eigenvalue weighted by Gasteiger charge is -2.10. The molecule has 0 saturated carbocycles. The number of aromatic nitrogens is 4. The summed E-state index contributed by atoms with van der Waals surface area (Å²) in [5.41, 5.74) is 1.31. The summed E-state index contributed by atoms with van der Waals surface area (Å²) in [4.78, 5) is 25.5. The molecular formula is C25H19N5O2. The van der Waals surface area contributed by atoms with Gasteiger partial charge in [-0.25, -0.2) is 15.0 Å². The van der Waals surface area contributed by atoms with E-state index in [1.807, 2.05) is 60.2 Å². The summed E-state index contributed by atoms with van der Waals surface area (Å²) in [6, 6.07) is 22.4. The van der Waals surface area contributed by atoms with Gasteiger partial charge >= 0.3 is 0 Å². The minimum absolute atomic E-state index is 0.161. The highest BCUT2D eigenvalue weighted by Gasteiger charge is 2.10. The Morgan fingerprint density at radius 1 is 0.938 bits per heavy atom. The number of hydrogen-bond acceptors (Lipinski definition) is 5. The van der Waals surface area contributed by atoms with Crippen LogP contribution in [0.5, 0.6) is 11.6 Å². The molecule has 0 unspecified atom stereocenters. The summed E-state index contributed by atoms with van der Waals surface area (Å²) < 4.78 is 7.71. The Bertz CT molecular complexity index is 1400. The predicted molar refractivity (Wildman–Crippen MR) is 122 cm³/mol. The van der Waals surface area contributed by atoms with Crippen molar-refractivity contribution in [3.8, 4) is 17.4 Å². The van der Waals surface area contributed by atoms with Crippen LogP contribution in [0.25, 0.3) is 16.6 Å². The fraction of sp³-hybridized carbons (Fsp3) is 0.0400. The van der Waals surface area contributed by atoms with Crippen LogP contribution in [0.3, 0.4) is 0 Å². The van der Waals surface area contributed by atoms with Gasteiger partial charge in [-0.3, -0.25) is 9.36 Å². The van der Waals surface area contributed by atoms with Crippen molar-refractivity contribution in [3.05, 3.63) is 103 Å². The lowest BCUT2D eigenvalue weighted by Crippen LogP contribution is -2.12. The zero-order valence-corrected chi connectivity index (χ0v) is 17.3. The molecule has 5 aromatic rings. The molecule has 7 nitrogen and oxygen atoms in total. The molecule has 156 valence electrons. The van der Waals surface area contributed by atoms with Crippen molar-refractivity contribution in [3.63, 3.8) is 0 Å². The third-order valence-corrected chi connectivity index (χ3v) is 5.07. The second kappa shape index (κ2) is 8.31. The van der Waals surface area contributed by atoms with Crippen LogP contribution < -0.4 is 10.1 Å². The molecule has 32 heavy (non-hydrogen) atoms. The number of amides is 1. The van der Waals surface area contributed by atoms with Gasteiger partial charge in [0.1, 0.15) is 23.7 Å². The Hall–Kier alpha value is -4.52. The van der Waals surface area contributed by atoms with Gasteiger partial charge in [0.25, 0.3) is 5.91 Å². The minimum atomic E-state index is -0.161. The number of hydrogen-bond donors (Lipinski definition) is 1. The van der Waals surface area contributed by atoms with Gasteiger partial charge in [0.05, 0.1) is 0 Å². The molecule has 0 atom stereocenters. The van der Waals surface area contributed by atoms with E-state index >= 15 is 0 Å². The minimum Gasteiger partial charge on any atom is -0.439 e. The van der Waals surface area contributed by atoms with Gasteiger partial charge < -0.3 is 10.1 Å². The van der Waals surface area contributed by atoms with Crippen molar-refractivity contribution in [2.75, 3.05) is 5.32 Å². The third-order valence-electron chi connectivity index (χ3n) is 5.07. The summed E-state index contributed by atoms with van der Waals surface area (Å²) in [5.74, 6) is 2.34.